The van der Waals surface area contributed by atoms with E-state index in [1.165, 1.54) is 16.9 Å². The Morgan fingerprint density at radius 2 is 1.93 bits per heavy atom. The number of carbonyl (C=O) groups excluding carboxylic acids is 1. The van der Waals surface area contributed by atoms with Crippen molar-refractivity contribution in [3.63, 3.8) is 0 Å². The van der Waals surface area contributed by atoms with Crippen LogP contribution in [-0.4, -0.2) is 25.7 Å². The number of aromatic amines is 1. The number of H-pyrrole nitrogens is 1. The van der Waals surface area contributed by atoms with Gasteiger partial charge in [0.2, 0.25) is 5.91 Å². The number of amides is 1. The van der Waals surface area contributed by atoms with Gasteiger partial charge in [-0.1, -0.05) is 53.6 Å². The maximum atomic E-state index is 12.5. The van der Waals surface area contributed by atoms with Crippen LogP contribution in [-0.2, 0) is 11.3 Å². The molecule has 4 aromatic rings. The summed E-state index contributed by atoms with van der Waals surface area (Å²) in [7, 11) is 0. The van der Waals surface area contributed by atoms with Crippen molar-refractivity contribution in [3.05, 3.63) is 69.8 Å². The van der Waals surface area contributed by atoms with E-state index in [1.807, 2.05) is 72.3 Å². The third kappa shape index (κ3) is 4.55. The molecule has 0 bridgehead atoms. The van der Waals surface area contributed by atoms with Crippen molar-refractivity contribution >= 4 is 34.6 Å². The number of rotatable bonds is 6. The lowest BCUT2D eigenvalue weighted by atomic mass is 10.1. The Hall–Kier alpha value is -3.10. The monoisotopic (exact) mass is 435 g/mol. The number of hydrogen-bond acceptors (Lipinski definition) is 5. The predicted octanol–water partition coefficient (Wildman–Crippen LogP) is 5.38. The molecule has 0 saturated heterocycles. The minimum absolute atomic E-state index is 0.113. The Morgan fingerprint density at radius 1 is 1.13 bits per heavy atom. The lowest BCUT2D eigenvalue weighted by Gasteiger charge is -2.07. The molecule has 8 heteroatoms. The summed E-state index contributed by atoms with van der Waals surface area (Å²) in [4.78, 5) is 17.0. The molecule has 2 heterocycles. The summed E-state index contributed by atoms with van der Waals surface area (Å²) >= 11 is 6.77. The van der Waals surface area contributed by atoms with E-state index in [1.54, 1.807) is 0 Å². The largest absolute Gasteiger partial charge is 0.302 e. The van der Waals surface area contributed by atoms with Crippen LogP contribution in [0.25, 0.3) is 22.6 Å². The molecule has 2 N–H and O–H groups in total. The van der Waals surface area contributed by atoms with Crippen LogP contribution in [0.2, 0.25) is 0 Å². The highest BCUT2D eigenvalue weighted by molar-refractivity contribution is 7.71. The first-order chi connectivity index (χ1) is 14.5. The third-order valence-corrected chi connectivity index (χ3v) is 5.76. The van der Waals surface area contributed by atoms with E-state index >= 15 is 0 Å². The first kappa shape index (κ1) is 20.2. The fourth-order valence-corrected chi connectivity index (χ4v) is 4.07. The lowest BCUT2D eigenvalue weighted by Crippen LogP contribution is -2.15. The van der Waals surface area contributed by atoms with Crippen molar-refractivity contribution in [2.24, 2.45) is 0 Å². The van der Waals surface area contributed by atoms with E-state index in [9.17, 15) is 4.79 Å². The average Bonchev–Trinajstić information content (AvgIpc) is 3.33. The molecule has 0 radical (unpaired) electrons. The van der Waals surface area contributed by atoms with E-state index in [-0.39, 0.29) is 12.3 Å². The minimum atomic E-state index is -0.113. The highest BCUT2D eigenvalue weighted by Gasteiger charge is 2.12. The van der Waals surface area contributed by atoms with Crippen LogP contribution in [0.15, 0.2) is 53.9 Å². The number of hydrogen-bond donors (Lipinski definition) is 2. The molecule has 0 saturated carbocycles. The van der Waals surface area contributed by atoms with Crippen LogP contribution in [0.4, 0.5) is 5.13 Å². The summed E-state index contributed by atoms with van der Waals surface area (Å²) in [5.74, 6) is 0.616. The molecule has 30 heavy (non-hydrogen) atoms. The quantitative estimate of drug-likeness (QED) is 0.399. The number of aromatic nitrogens is 4. The Balaban J connectivity index is 1.42. The summed E-state index contributed by atoms with van der Waals surface area (Å²) in [6, 6.07) is 16.2. The van der Waals surface area contributed by atoms with Gasteiger partial charge in [0.1, 0.15) is 0 Å². The highest BCUT2D eigenvalue weighted by atomic mass is 32.1. The SMILES string of the molecule is Cc1ccc(-c2csc(NC(=O)CCn3c(-c4cccc(C)c4)n[nH]c3=S)n2)cc1. The van der Waals surface area contributed by atoms with Crippen molar-refractivity contribution in [3.8, 4) is 22.6 Å². The maximum Gasteiger partial charge on any atom is 0.227 e. The summed E-state index contributed by atoms with van der Waals surface area (Å²) in [5.41, 5.74) is 5.19. The molecule has 0 unspecified atom stereocenters. The zero-order chi connectivity index (χ0) is 21.1. The smallest absolute Gasteiger partial charge is 0.227 e. The number of nitrogens with one attached hydrogen (secondary N) is 2. The van der Waals surface area contributed by atoms with Gasteiger partial charge >= 0.3 is 0 Å². The van der Waals surface area contributed by atoms with Gasteiger partial charge < -0.3 is 5.32 Å². The Kier molecular flexibility index (Phi) is 5.87. The Morgan fingerprint density at radius 3 is 2.70 bits per heavy atom. The number of nitrogens with zero attached hydrogens (tertiary/aromatic N) is 3. The van der Waals surface area contributed by atoms with E-state index < -0.39 is 0 Å². The van der Waals surface area contributed by atoms with E-state index in [0.29, 0.717) is 16.4 Å². The zero-order valence-corrected chi connectivity index (χ0v) is 18.3. The van der Waals surface area contributed by atoms with Gasteiger partial charge in [-0.2, -0.15) is 5.10 Å². The van der Waals surface area contributed by atoms with Crippen LogP contribution >= 0.6 is 23.6 Å². The standard InChI is InChI=1S/C22H21N5OS2/c1-14-6-8-16(9-7-14)18-13-30-21(23-18)24-19(28)10-11-27-20(25-26-22(27)29)17-5-3-4-15(2)12-17/h3-9,12-13H,10-11H2,1-2H3,(H,26,29)(H,23,24,28). The highest BCUT2D eigenvalue weighted by Crippen LogP contribution is 2.25. The summed E-state index contributed by atoms with van der Waals surface area (Å²) < 4.78 is 2.35. The molecule has 4 rings (SSSR count). The molecule has 0 aliphatic rings. The molecule has 0 atom stereocenters. The fourth-order valence-electron chi connectivity index (χ4n) is 3.11. The summed E-state index contributed by atoms with van der Waals surface area (Å²) in [5, 5.41) is 12.6. The number of anilines is 1. The molecule has 0 fully saturated rings. The zero-order valence-electron chi connectivity index (χ0n) is 16.7. The maximum absolute atomic E-state index is 12.5. The van der Waals surface area contributed by atoms with Gasteiger partial charge in [0, 0.05) is 29.5 Å². The van der Waals surface area contributed by atoms with Crippen LogP contribution in [0, 0.1) is 18.6 Å². The number of thiazole rings is 1. The lowest BCUT2D eigenvalue weighted by molar-refractivity contribution is -0.116. The molecule has 152 valence electrons. The van der Waals surface area contributed by atoms with Gasteiger partial charge in [0.05, 0.1) is 5.69 Å². The minimum Gasteiger partial charge on any atom is -0.302 e. The van der Waals surface area contributed by atoms with Crippen LogP contribution in [0.5, 0.6) is 0 Å². The van der Waals surface area contributed by atoms with Crippen molar-refractivity contribution < 1.29 is 4.79 Å². The molecule has 0 aliphatic heterocycles. The molecule has 2 aromatic carbocycles. The average molecular weight is 436 g/mol. The van der Waals surface area contributed by atoms with Gasteiger partial charge in [-0.25, -0.2) is 4.98 Å². The molecule has 0 spiro atoms. The molecular weight excluding hydrogens is 414 g/mol. The second kappa shape index (κ2) is 8.73. The van der Waals surface area contributed by atoms with Gasteiger partial charge in [0.25, 0.3) is 0 Å². The van der Waals surface area contributed by atoms with E-state index in [0.717, 1.165) is 28.2 Å². The summed E-state index contributed by atoms with van der Waals surface area (Å²) in [6.45, 7) is 4.51. The molecule has 1 amide bonds. The van der Waals surface area contributed by atoms with Gasteiger partial charge in [-0.15, -0.1) is 11.3 Å². The molecule has 2 aromatic heterocycles. The van der Waals surface area contributed by atoms with E-state index in [4.69, 9.17) is 12.2 Å². The first-order valence-corrected chi connectivity index (χ1v) is 10.8. The summed E-state index contributed by atoms with van der Waals surface area (Å²) in [6.07, 6.45) is 0.270. The number of aryl methyl sites for hydroxylation is 2. The Labute approximate surface area is 183 Å². The second-order valence-electron chi connectivity index (χ2n) is 7.08. The fraction of sp³-hybridized carbons (Fsp3) is 0.182. The van der Waals surface area contributed by atoms with Crippen LogP contribution in [0.1, 0.15) is 17.5 Å². The van der Waals surface area contributed by atoms with Crippen molar-refractivity contribution in [1.29, 1.82) is 0 Å². The van der Waals surface area contributed by atoms with Crippen LogP contribution < -0.4 is 5.32 Å². The normalized spacial score (nSPS) is 10.9. The van der Waals surface area contributed by atoms with Crippen molar-refractivity contribution in [2.45, 2.75) is 26.8 Å². The van der Waals surface area contributed by atoms with Crippen LogP contribution in [0.3, 0.4) is 0 Å². The molecular formula is C22H21N5OS2. The van der Waals surface area contributed by atoms with E-state index in [2.05, 4.69) is 20.5 Å². The van der Waals surface area contributed by atoms with Crippen molar-refractivity contribution in [2.75, 3.05) is 5.32 Å². The number of benzene rings is 2. The van der Waals surface area contributed by atoms with Gasteiger partial charge in [0.15, 0.2) is 15.7 Å². The number of carbonyl (C=O) groups is 1. The molecule has 6 nitrogen and oxygen atoms in total. The predicted molar refractivity (Wildman–Crippen MR) is 123 cm³/mol. The van der Waals surface area contributed by atoms with Gasteiger partial charge in [-0.3, -0.25) is 14.5 Å². The van der Waals surface area contributed by atoms with Crippen molar-refractivity contribution in [1.82, 2.24) is 19.7 Å². The topological polar surface area (TPSA) is 75.6 Å². The van der Waals surface area contributed by atoms with Gasteiger partial charge in [-0.05, 0) is 32.1 Å². The Bertz CT molecular complexity index is 1240. The third-order valence-electron chi connectivity index (χ3n) is 4.69. The first-order valence-electron chi connectivity index (χ1n) is 9.54. The molecule has 0 aliphatic carbocycles. The second-order valence-corrected chi connectivity index (χ2v) is 8.32.